The van der Waals surface area contributed by atoms with E-state index >= 15 is 0 Å². The first kappa shape index (κ1) is 31.5. The lowest BCUT2D eigenvalue weighted by Gasteiger charge is -2.40. The Bertz CT molecular complexity index is 1770. The van der Waals surface area contributed by atoms with Crippen molar-refractivity contribution >= 4 is 51.5 Å². The van der Waals surface area contributed by atoms with Crippen LogP contribution >= 0.6 is 23.2 Å². The van der Waals surface area contributed by atoms with E-state index in [1.165, 1.54) is 25.1 Å². The molecule has 2 heterocycles. The molecule has 2 aliphatic rings. The highest BCUT2D eigenvalue weighted by Gasteiger charge is 2.45. The molecule has 1 spiro atoms. The van der Waals surface area contributed by atoms with Crippen molar-refractivity contribution in [3.63, 3.8) is 0 Å². The molecule has 6 rings (SSSR count). The third kappa shape index (κ3) is 6.18. The van der Waals surface area contributed by atoms with Gasteiger partial charge in [-0.3, -0.25) is 9.59 Å². The summed E-state index contributed by atoms with van der Waals surface area (Å²) in [6.07, 6.45) is 2.50. The summed E-state index contributed by atoms with van der Waals surface area (Å²) in [6.45, 7) is 5.03. The number of nitrogens with zero attached hydrogens (tertiary/aromatic N) is 3. The third-order valence-electron chi connectivity index (χ3n) is 9.63. The number of halogens is 4. The number of hydrogen-bond acceptors (Lipinski definition) is 3. The van der Waals surface area contributed by atoms with Crippen molar-refractivity contribution in [3.05, 3.63) is 111 Å². The number of carbonyl (C=O) groups is 2. The molecule has 1 fully saturated rings. The van der Waals surface area contributed by atoms with Crippen LogP contribution < -0.4 is 4.90 Å². The maximum Gasteiger partial charge on any atom is 0.254 e. The Morgan fingerprint density at radius 3 is 2.38 bits per heavy atom. The van der Waals surface area contributed by atoms with Gasteiger partial charge < -0.3 is 14.7 Å². The van der Waals surface area contributed by atoms with Gasteiger partial charge in [0.25, 0.3) is 5.91 Å². The smallest absolute Gasteiger partial charge is 0.254 e. The molecule has 234 valence electrons. The van der Waals surface area contributed by atoms with E-state index in [0.29, 0.717) is 45.2 Å². The average Bonchev–Trinajstić information content (AvgIpc) is 3.34. The predicted molar refractivity (Wildman–Crippen MR) is 176 cm³/mol. The quantitative estimate of drug-likeness (QED) is 0.203. The van der Waals surface area contributed by atoms with Gasteiger partial charge in [0.15, 0.2) is 0 Å². The van der Waals surface area contributed by atoms with E-state index in [-0.39, 0.29) is 34.8 Å². The summed E-state index contributed by atoms with van der Waals surface area (Å²) < 4.78 is 28.6. The Morgan fingerprint density at radius 1 is 0.933 bits per heavy atom. The van der Waals surface area contributed by atoms with E-state index in [4.69, 9.17) is 23.2 Å². The summed E-state index contributed by atoms with van der Waals surface area (Å²) >= 11 is 12.7. The number of piperidine rings is 1. The van der Waals surface area contributed by atoms with E-state index in [1.54, 1.807) is 53.2 Å². The third-order valence-corrected chi connectivity index (χ3v) is 10.4. The Labute approximate surface area is 272 Å². The molecule has 4 aromatic carbocycles. The van der Waals surface area contributed by atoms with Gasteiger partial charge in [0.2, 0.25) is 5.91 Å². The number of likely N-dealkylation sites (tertiary alicyclic amines) is 1. The number of amides is 2. The van der Waals surface area contributed by atoms with Crippen LogP contribution in [0.5, 0.6) is 0 Å². The first-order valence-corrected chi connectivity index (χ1v) is 16.0. The summed E-state index contributed by atoms with van der Waals surface area (Å²) in [4.78, 5) is 31.9. The normalized spacial score (nSPS) is 16.6. The highest BCUT2D eigenvalue weighted by Crippen LogP contribution is 2.47. The van der Waals surface area contributed by atoms with Gasteiger partial charge in [-0.1, -0.05) is 59.6 Å². The molecule has 5 nitrogen and oxygen atoms in total. The minimum absolute atomic E-state index is 0.0281. The average molecular weight is 651 g/mol. The number of anilines is 1. The summed E-state index contributed by atoms with van der Waals surface area (Å²) in [7, 11) is 1.77. The van der Waals surface area contributed by atoms with E-state index < -0.39 is 0 Å². The molecular weight excluding hydrogens is 615 g/mol. The first-order chi connectivity index (χ1) is 21.6. The van der Waals surface area contributed by atoms with Gasteiger partial charge in [-0.2, -0.15) is 0 Å². The second-order valence-corrected chi connectivity index (χ2v) is 13.2. The molecule has 9 heteroatoms. The molecule has 45 heavy (non-hydrogen) atoms. The highest BCUT2D eigenvalue weighted by molar-refractivity contribution is 6.42. The molecule has 0 unspecified atom stereocenters. The zero-order chi connectivity index (χ0) is 31.9. The Hall–Kier alpha value is -3.52. The topological polar surface area (TPSA) is 43.9 Å². The van der Waals surface area contributed by atoms with Crippen molar-refractivity contribution in [2.75, 3.05) is 44.7 Å². The van der Waals surface area contributed by atoms with Crippen LogP contribution in [0.15, 0.2) is 72.8 Å². The summed E-state index contributed by atoms with van der Waals surface area (Å²) in [5.41, 5.74) is 3.02. The van der Waals surface area contributed by atoms with Crippen molar-refractivity contribution in [1.29, 1.82) is 0 Å². The second kappa shape index (κ2) is 12.7. The number of rotatable bonds is 7. The van der Waals surface area contributed by atoms with Gasteiger partial charge in [0.1, 0.15) is 11.6 Å². The minimum Gasteiger partial charge on any atom is -0.341 e. The largest absolute Gasteiger partial charge is 0.341 e. The van der Waals surface area contributed by atoms with Gasteiger partial charge in [0.05, 0.1) is 15.7 Å². The van der Waals surface area contributed by atoms with Gasteiger partial charge in [-0.05, 0) is 91.8 Å². The zero-order valence-corrected chi connectivity index (χ0v) is 26.8. The van der Waals surface area contributed by atoms with Crippen LogP contribution in [0.4, 0.5) is 14.5 Å². The number of benzene rings is 4. The van der Waals surface area contributed by atoms with Gasteiger partial charge >= 0.3 is 0 Å². The molecule has 0 radical (unpaired) electrons. The second-order valence-electron chi connectivity index (χ2n) is 12.4. The maximum atomic E-state index is 14.5. The van der Waals surface area contributed by atoms with Crippen molar-refractivity contribution < 1.29 is 18.4 Å². The van der Waals surface area contributed by atoms with Crippen LogP contribution in [-0.2, 0) is 10.2 Å². The Kier molecular flexibility index (Phi) is 8.88. The lowest BCUT2D eigenvalue weighted by Crippen LogP contribution is -2.46. The van der Waals surface area contributed by atoms with Crippen LogP contribution in [0.2, 0.25) is 10.0 Å². The maximum absolute atomic E-state index is 14.5. The molecule has 4 aromatic rings. The molecule has 0 N–H and O–H groups in total. The van der Waals surface area contributed by atoms with E-state index in [9.17, 15) is 18.4 Å². The van der Waals surface area contributed by atoms with Crippen LogP contribution in [-0.4, -0.2) is 61.4 Å². The van der Waals surface area contributed by atoms with Crippen LogP contribution in [0.25, 0.3) is 10.8 Å². The van der Waals surface area contributed by atoms with Gasteiger partial charge in [0, 0.05) is 49.3 Å². The van der Waals surface area contributed by atoms with Crippen LogP contribution in [0.3, 0.4) is 0 Å². The SMILES string of the molecule is CC(=O)N1CC2(CCN(CC[C@H](CN(C)C(=O)c3ccc(F)c4ccccc34)c3ccc(Cl)c(Cl)c3)CC2)c2ccc(F)cc21. The summed E-state index contributed by atoms with van der Waals surface area (Å²) in [5, 5.41) is 1.94. The Morgan fingerprint density at radius 2 is 1.67 bits per heavy atom. The van der Waals surface area contributed by atoms with Gasteiger partial charge in [-0.15, -0.1) is 0 Å². The summed E-state index contributed by atoms with van der Waals surface area (Å²) in [6, 6.07) is 20.4. The number of likely N-dealkylation sites (N-methyl/N-ethyl adjacent to an activating group) is 1. The molecule has 0 aliphatic carbocycles. The van der Waals surface area contributed by atoms with Crippen molar-refractivity contribution in [3.8, 4) is 0 Å². The minimum atomic E-state index is -0.357. The van der Waals surface area contributed by atoms with E-state index in [1.807, 2.05) is 18.2 Å². The molecule has 0 saturated carbocycles. The van der Waals surface area contributed by atoms with Crippen molar-refractivity contribution in [2.45, 2.75) is 37.5 Å². The molecular formula is C36H35Cl2F2N3O2. The number of hydrogen-bond donors (Lipinski definition) is 0. The predicted octanol–water partition coefficient (Wildman–Crippen LogP) is 8.07. The van der Waals surface area contributed by atoms with Crippen LogP contribution in [0.1, 0.15) is 53.6 Å². The van der Waals surface area contributed by atoms with E-state index in [2.05, 4.69) is 4.90 Å². The molecule has 2 amide bonds. The van der Waals surface area contributed by atoms with Crippen molar-refractivity contribution in [1.82, 2.24) is 9.80 Å². The lowest BCUT2D eigenvalue weighted by molar-refractivity contribution is -0.116. The fourth-order valence-corrected chi connectivity index (χ4v) is 7.41. The molecule has 0 aromatic heterocycles. The number of carbonyl (C=O) groups excluding carboxylic acids is 2. The fraction of sp³-hybridized carbons (Fsp3) is 0.333. The molecule has 2 aliphatic heterocycles. The lowest BCUT2D eigenvalue weighted by atomic mass is 9.74. The van der Waals surface area contributed by atoms with Crippen molar-refractivity contribution in [2.24, 2.45) is 0 Å². The zero-order valence-electron chi connectivity index (χ0n) is 25.3. The monoisotopic (exact) mass is 649 g/mol. The van der Waals surface area contributed by atoms with Gasteiger partial charge in [-0.25, -0.2) is 8.78 Å². The molecule has 1 saturated heterocycles. The molecule has 0 bridgehead atoms. The van der Waals surface area contributed by atoms with E-state index in [0.717, 1.165) is 50.0 Å². The Balaban J connectivity index is 1.17. The van der Waals surface area contributed by atoms with Crippen LogP contribution in [0, 0.1) is 11.6 Å². The fourth-order valence-electron chi connectivity index (χ4n) is 7.10. The first-order valence-electron chi connectivity index (χ1n) is 15.2. The summed E-state index contributed by atoms with van der Waals surface area (Å²) in [5.74, 6) is -0.969. The number of fused-ring (bicyclic) bond motifs is 3. The standard InChI is InChI=1S/C36H35Cl2F2N3O2/c1-23(44)43-22-36(30-10-8-26(39)20-34(30)43)14-17-42(18-15-36)16-13-25(24-7-11-31(37)32(38)19-24)21-41(2)35(45)29-9-12-33(40)28-6-4-3-5-27(28)29/h3-12,19-20,25H,13-18,21-22H2,1-2H3/t25-/m1/s1. The molecule has 1 atom stereocenters. The highest BCUT2D eigenvalue weighted by atomic mass is 35.5.